The molecule has 0 aromatic heterocycles. The van der Waals surface area contributed by atoms with E-state index < -0.39 is 23.9 Å². The van der Waals surface area contributed by atoms with Gasteiger partial charge in [-0.15, -0.1) is 0 Å². The van der Waals surface area contributed by atoms with Crippen molar-refractivity contribution < 1.29 is 14.4 Å². The molecule has 0 saturated carbocycles. The van der Waals surface area contributed by atoms with Crippen LogP contribution in [0.2, 0.25) is 0 Å². The van der Waals surface area contributed by atoms with Gasteiger partial charge in [-0.3, -0.25) is 14.4 Å². The van der Waals surface area contributed by atoms with Crippen LogP contribution in [0, 0.1) is 17.8 Å². The maximum absolute atomic E-state index is 14.3. The molecule has 0 saturated heterocycles. The van der Waals surface area contributed by atoms with Crippen LogP contribution < -0.4 is 16.0 Å². The van der Waals surface area contributed by atoms with E-state index >= 15 is 0 Å². The number of nitrogens with one attached hydrogen (secondary N) is 1. The Balaban J connectivity index is 1.75. The van der Waals surface area contributed by atoms with E-state index in [4.69, 9.17) is 10.7 Å². The zero-order valence-corrected chi connectivity index (χ0v) is 24.8. The van der Waals surface area contributed by atoms with Crippen molar-refractivity contribution in [2.75, 3.05) is 11.4 Å². The van der Waals surface area contributed by atoms with E-state index in [2.05, 4.69) is 5.32 Å². The fourth-order valence-electron chi connectivity index (χ4n) is 5.64. The Hall–Kier alpha value is -4.26. The molecule has 0 radical (unpaired) electrons. The van der Waals surface area contributed by atoms with Gasteiger partial charge in [-0.05, 0) is 36.8 Å². The lowest BCUT2D eigenvalue weighted by Gasteiger charge is -2.29. The number of primary amides is 1. The Labute approximate surface area is 249 Å². The van der Waals surface area contributed by atoms with E-state index in [-0.39, 0.29) is 17.7 Å². The van der Waals surface area contributed by atoms with Gasteiger partial charge in [-0.25, -0.2) is 4.99 Å². The number of hydrogen-bond acceptors (Lipinski definition) is 4. The first kappa shape index (κ1) is 30.7. The third-order valence-corrected chi connectivity index (χ3v) is 7.78. The van der Waals surface area contributed by atoms with Crippen LogP contribution in [0.5, 0.6) is 0 Å². The molecule has 0 aliphatic carbocycles. The molecular formula is C35H42N4O3. The Morgan fingerprint density at radius 1 is 0.929 bits per heavy atom. The first-order valence-corrected chi connectivity index (χ1v) is 15.0. The van der Waals surface area contributed by atoms with Crippen LogP contribution in [0.3, 0.4) is 0 Å². The fraction of sp³-hybridized carbons (Fsp3) is 0.371. The predicted octanol–water partition coefficient (Wildman–Crippen LogP) is 5.51. The highest BCUT2D eigenvalue weighted by Crippen LogP contribution is 2.30. The number of anilines is 1. The number of carbonyl (C=O) groups is 3. The van der Waals surface area contributed by atoms with Gasteiger partial charge in [0.2, 0.25) is 18.0 Å². The number of hydrogen-bond donors (Lipinski definition) is 2. The summed E-state index contributed by atoms with van der Waals surface area (Å²) in [5.41, 5.74) is 9.97. The second-order valence-corrected chi connectivity index (χ2v) is 11.4. The lowest BCUT2D eigenvalue weighted by Crippen LogP contribution is -2.51. The van der Waals surface area contributed by atoms with Gasteiger partial charge in [0.25, 0.3) is 5.91 Å². The van der Waals surface area contributed by atoms with Gasteiger partial charge in [0.1, 0.15) is 0 Å². The predicted molar refractivity (Wildman–Crippen MR) is 168 cm³/mol. The highest BCUT2D eigenvalue weighted by molar-refractivity contribution is 6.20. The van der Waals surface area contributed by atoms with Crippen molar-refractivity contribution in [3.05, 3.63) is 102 Å². The molecule has 0 spiro atoms. The number of benzodiazepines with no additional fused rings is 1. The highest BCUT2D eigenvalue weighted by Gasteiger charge is 2.37. The van der Waals surface area contributed by atoms with E-state index in [0.717, 1.165) is 35.2 Å². The summed E-state index contributed by atoms with van der Waals surface area (Å²) in [6.45, 7) is 6.49. The number of benzene rings is 3. The lowest BCUT2D eigenvalue weighted by molar-refractivity contribution is -0.136. The number of aliphatic imine (C=N–C) groups is 1. The Morgan fingerprint density at radius 2 is 1.57 bits per heavy atom. The van der Waals surface area contributed by atoms with Gasteiger partial charge < -0.3 is 16.0 Å². The summed E-state index contributed by atoms with van der Waals surface area (Å²) in [7, 11) is 0. The van der Waals surface area contributed by atoms with Crippen molar-refractivity contribution in [3.8, 4) is 0 Å². The highest BCUT2D eigenvalue weighted by atomic mass is 16.2. The largest absolute Gasteiger partial charge is 0.369 e. The van der Waals surface area contributed by atoms with E-state index in [0.29, 0.717) is 31.5 Å². The summed E-state index contributed by atoms with van der Waals surface area (Å²) in [4.78, 5) is 47.4. The van der Waals surface area contributed by atoms with Crippen molar-refractivity contribution in [1.29, 1.82) is 0 Å². The minimum atomic E-state index is -1.16. The van der Waals surface area contributed by atoms with Gasteiger partial charge in [0.15, 0.2) is 0 Å². The lowest BCUT2D eigenvalue weighted by atomic mass is 9.81. The maximum Gasteiger partial charge on any atom is 0.272 e. The quantitative estimate of drug-likeness (QED) is 0.285. The summed E-state index contributed by atoms with van der Waals surface area (Å²) < 4.78 is 0. The molecule has 1 heterocycles. The molecule has 3 aromatic carbocycles. The topological polar surface area (TPSA) is 105 Å². The normalized spacial score (nSPS) is 16.3. The van der Waals surface area contributed by atoms with Crippen molar-refractivity contribution in [3.63, 3.8) is 0 Å². The van der Waals surface area contributed by atoms with Crippen LogP contribution in [0.1, 0.15) is 63.1 Å². The van der Waals surface area contributed by atoms with Gasteiger partial charge in [0.05, 0.1) is 11.4 Å². The second kappa shape index (κ2) is 14.6. The Bertz CT molecular complexity index is 1390. The third kappa shape index (κ3) is 7.52. The number of amides is 3. The maximum atomic E-state index is 14.3. The van der Waals surface area contributed by atoms with Gasteiger partial charge in [0, 0.05) is 29.5 Å². The number of nitrogens with two attached hydrogens (primary N) is 1. The molecule has 1 aliphatic heterocycles. The monoisotopic (exact) mass is 566 g/mol. The molecular weight excluding hydrogens is 524 g/mol. The molecule has 42 heavy (non-hydrogen) atoms. The standard InChI is InChI=1S/C35H42N4O3/c1-4-5-18-27(32(36)40)29(23-24(2)3)34(41)38-33-35(42)39(22-21-25-14-8-6-9-15-25)30-20-13-12-19-28(30)31(37-33)26-16-10-7-11-17-26/h6-17,19-20,24,27,29,33H,4-5,18,21-23H2,1-3H3,(H2,36,40)(H,38,41). The molecule has 0 fully saturated rings. The van der Waals surface area contributed by atoms with Crippen molar-refractivity contribution in [2.45, 2.75) is 59.0 Å². The van der Waals surface area contributed by atoms with Gasteiger partial charge >= 0.3 is 0 Å². The Kier molecular flexibility index (Phi) is 10.7. The Morgan fingerprint density at radius 3 is 2.21 bits per heavy atom. The van der Waals surface area contributed by atoms with E-state index in [1.165, 1.54) is 0 Å². The zero-order chi connectivity index (χ0) is 30.1. The summed E-state index contributed by atoms with van der Waals surface area (Å²) >= 11 is 0. The average Bonchev–Trinajstić information content (AvgIpc) is 3.10. The van der Waals surface area contributed by atoms with Crippen LogP contribution >= 0.6 is 0 Å². The number of fused-ring (bicyclic) bond motifs is 1. The smallest absolute Gasteiger partial charge is 0.272 e. The van der Waals surface area contributed by atoms with Crippen LogP contribution in [0.4, 0.5) is 5.69 Å². The van der Waals surface area contributed by atoms with Crippen LogP contribution in [-0.2, 0) is 20.8 Å². The first-order valence-electron chi connectivity index (χ1n) is 15.0. The molecule has 7 heteroatoms. The molecule has 3 atom stereocenters. The fourth-order valence-corrected chi connectivity index (χ4v) is 5.64. The average molecular weight is 567 g/mol. The molecule has 220 valence electrons. The number of nitrogens with zero attached hydrogens (tertiary/aromatic N) is 2. The zero-order valence-electron chi connectivity index (χ0n) is 24.8. The number of carbonyl (C=O) groups excluding carboxylic acids is 3. The molecule has 3 N–H and O–H groups in total. The van der Waals surface area contributed by atoms with Gasteiger partial charge in [-0.2, -0.15) is 0 Å². The summed E-state index contributed by atoms with van der Waals surface area (Å²) in [6, 6.07) is 27.4. The molecule has 3 amide bonds. The molecule has 4 rings (SSSR count). The minimum absolute atomic E-state index is 0.157. The second-order valence-electron chi connectivity index (χ2n) is 11.4. The number of para-hydroxylation sites is 1. The van der Waals surface area contributed by atoms with Crippen molar-refractivity contribution in [2.24, 2.45) is 28.5 Å². The van der Waals surface area contributed by atoms with Crippen molar-refractivity contribution >= 4 is 29.1 Å². The third-order valence-electron chi connectivity index (χ3n) is 7.78. The van der Waals surface area contributed by atoms with E-state index in [9.17, 15) is 14.4 Å². The number of rotatable bonds is 13. The molecule has 3 aromatic rings. The molecule has 3 unspecified atom stereocenters. The van der Waals surface area contributed by atoms with Crippen LogP contribution in [0.25, 0.3) is 0 Å². The first-order chi connectivity index (χ1) is 20.3. The van der Waals surface area contributed by atoms with Crippen LogP contribution in [0.15, 0.2) is 89.9 Å². The van der Waals surface area contributed by atoms with E-state index in [1.807, 2.05) is 106 Å². The number of unbranched alkanes of at least 4 members (excludes halogenated alkanes) is 1. The van der Waals surface area contributed by atoms with Crippen LogP contribution in [-0.4, -0.2) is 36.1 Å². The minimum Gasteiger partial charge on any atom is -0.369 e. The van der Waals surface area contributed by atoms with E-state index in [1.54, 1.807) is 4.90 Å². The molecule has 7 nitrogen and oxygen atoms in total. The molecule has 0 bridgehead atoms. The summed E-state index contributed by atoms with van der Waals surface area (Å²) in [5, 5.41) is 2.96. The van der Waals surface area contributed by atoms with Crippen molar-refractivity contribution in [1.82, 2.24) is 5.32 Å². The van der Waals surface area contributed by atoms with Gasteiger partial charge in [-0.1, -0.05) is 112 Å². The molecule has 1 aliphatic rings. The summed E-state index contributed by atoms with van der Waals surface area (Å²) in [6.07, 6.45) is 2.17. The summed E-state index contributed by atoms with van der Waals surface area (Å²) in [5.74, 6) is -2.28. The SMILES string of the molecule is CCCCC(C(N)=O)C(CC(C)C)C(=O)NC1N=C(c2ccccc2)c2ccccc2N(CCc2ccccc2)C1=O.